The van der Waals surface area contributed by atoms with Crippen LogP contribution in [0.3, 0.4) is 0 Å². The van der Waals surface area contributed by atoms with E-state index in [0.717, 1.165) is 57.0 Å². The van der Waals surface area contributed by atoms with Gasteiger partial charge in [-0.1, -0.05) is 20.3 Å². The molecule has 0 saturated carbocycles. The SMILES string of the molecule is CC(C)CCC(=O)N1CCCC(c2nnc3n2CCCCC3)C1. The Morgan fingerprint density at radius 1 is 1.17 bits per heavy atom. The number of hydrogen-bond donors (Lipinski definition) is 0. The van der Waals surface area contributed by atoms with Crippen molar-refractivity contribution in [2.75, 3.05) is 13.1 Å². The van der Waals surface area contributed by atoms with Crippen molar-refractivity contribution in [1.82, 2.24) is 19.7 Å². The molecule has 5 nitrogen and oxygen atoms in total. The Balaban J connectivity index is 1.67. The van der Waals surface area contributed by atoms with Crippen molar-refractivity contribution in [2.45, 2.75) is 77.7 Å². The summed E-state index contributed by atoms with van der Waals surface area (Å²) in [4.78, 5) is 14.5. The highest BCUT2D eigenvalue weighted by Gasteiger charge is 2.29. The van der Waals surface area contributed by atoms with Gasteiger partial charge in [0.05, 0.1) is 0 Å². The fourth-order valence-corrected chi connectivity index (χ4v) is 3.79. The highest BCUT2D eigenvalue weighted by atomic mass is 16.2. The lowest BCUT2D eigenvalue weighted by Crippen LogP contribution is -2.39. The van der Waals surface area contributed by atoms with Gasteiger partial charge in [-0.3, -0.25) is 4.79 Å². The maximum Gasteiger partial charge on any atom is 0.222 e. The second-order valence-corrected chi connectivity index (χ2v) is 7.55. The lowest BCUT2D eigenvalue weighted by Gasteiger charge is -2.32. The lowest BCUT2D eigenvalue weighted by atomic mass is 9.96. The summed E-state index contributed by atoms with van der Waals surface area (Å²) >= 11 is 0. The van der Waals surface area contributed by atoms with E-state index in [2.05, 4.69) is 33.5 Å². The molecule has 1 atom stereocenters. The first-order valence-corrected chi connectivity index (χ1v) is 9.35. The lowest BCUT2D eigenvalue weighted by molar-refractivity contribution is -0.132. The normalized spacial score (nSPS) is 22.0. The maximum atomic E-state index is 12.4. The number of amides is 1. The molecule has 1 amide bonds. The molecule has 1 fully saturated rings. The fourth-order valence-electron chi connectivity index (χ4n) is 3.79. The van der Waals surface area contributed by atoms with E-state index in [4.69, 9.17) is 0 Å². The zero-order chi connectivity index (χ0) is 16.2. The second kappa shape index (κ2) is 7.45. The second-order valence-electron chi connectivity index (χ2n) is 7.55. The van der Waals surface area contributed by atoms with Gasteiger partial charge < -0.3 is 9.47 Å². The largest absolute Gasteiger partial charge is 0.342 e. The summed E-state index contributed by atoms with van der Waals surface area (Å²) in [6.07, 6.45) is 8.67. The third-order valence-corrected chi connectivity index (χ3v) is 5.21. The van der Waals surface area contributed by atoms with Crippen LogP contribution in [0.15, 0.2) is 0 Å². The van der Waals surface area contributed by atoms with Crippen LogP contribution in [0, 0.1) is 5.92 Å². The van der Waals surface area contributed by atoms with Crippen LogP contribution in [0.4, 0.5) is 0 Å². The van der Waals surface area contributed by atoms with Gasteiger partial charge in [-0.25, -0.2) is 0 Å². The van der Waals surface area contributed by atoms with E-state index in [0.29, 0.717) is 24.2 Å². The predicted octanol–water partition coefficient (Wildman–Crippen LogP) is 3.15. The molecular formula is C18H30N4O. The average molecular weight is 318 g/mol. The Morgan fingerprint density at radius 3 is 2.87 bits per heavy atom. The summed E-state index contributed by atoms with van der Waals surface area (Å²) in [7, 11) is 0. The van der Waals surface area contributed by atoms with Crippen LogP contribution in [0.25, 0.3) is 0 Å². The smallest absolute Gasteiger partial charge is 0.222 e. The molecule has 3 rings (SSSR count). The van der Waals surface area contributed by atoms with Gasteiger partial charge in [0.15, 0.2) is 0 Å². The van der Waals surface area contributed by atoms with E-state index in [1.54, 1.807) is 0 Å². The molecule has 0 radical (unpaired) electrons. The van der Waals surface area contributed by atoms with E-state index in [1.807, 2.05) is 0 Å². The minimum Gasteiger partial charge on any atom is -0.342 e. The van der Waals surface area contributed by atoms with Crippen molar-refractivity contribution in [1.29, 1.82) is 0 Å². The minimum atomic E-state index is 0.319. The molecule has 0 bridgehead atoms. The van der Waals surface area contributed by atoms with Crippen LogP contribution in [0.5, 0.6) is 0 Å². The molecule has 3 heterocycles. The molecule has 0 aliphatic carbocycles. The summed E-state index contributed by atoms with van der Waals surface area (Å²) in [5.74, 6) is 3.56. The maximum absolute atomic E-state index is 12.4. The highest BCUT2D eigenvalue weighted by molar-refractivity contribution is 5.76. The van der Waals surface area contributed by atoms with Crippen molar-refractivity contribution >= 4 is 5.91 Å². The van der Waals surface area contributed by atoms with Crippen LogP contribution in [0.2, 0.25) is 0 Å². The number of nitrogens with zero attached hydrogens (tertiary/aromatic N) is 4. The Kier molecular flexibility index (Phi) is 5.34. The molecule has 5 heteroatoms. The molecule has 2 aliphatic heterocycles. The van der Waals surface area contributed by atoms with Crippen molar-refractivity contribution in [3.05, 3.63) is 11.6 Å². The first-order chi connectivity index (χ1) is 11.1. The van der Waals surface area contributed by atoms with Gasteiger partial charge in [-0.2, -0.15) is 0 Å². The molecule has 1 saturated heterocycles. The fraction of sp³-hybridized carbons (Fsp3) is 0.833. The Morgan fingerprint density at radius 2 is 2.04 bits per heavy atom. The highest BCUT2D eigenvalue weighted by Crippen LogP contribution is 2.28. The first kappa shape index (κ1) is 16.5. The number of fused-ring (bicyclic) bond motifs is 1. The minimum absolute atomic E-state index is 0.319. The molecule has 1 aromatic heterocycles. The number of aryl methyl sites for hydroxylation is 1. The van der Waals surface area contributed by atoms with Crippen molar-refractivity contribution in [3.63, 3.8) is 0 Å². The predicted molar refractivity (Wildman–Crippen MR) is 90.2 cm³/mol. The van der Waals surface area contributed by atoms with E-state index in [9.17, 15) is 4.79 Å². The number of likely N-dealkylation sites (tertiary alicyclic amines) is 1. The van der Waals surface area contributed by atoms with Crippen molar-refractivity contribution in [3.8, 4) is 0 Å². The Labute approximate surface area is 139 Å². The van der Waals surface area contributed by atoms with Crippen LogP contribution in [-0.4, -0.2) is 38.7 Å². The third kappa shape index (κ3) is 3.93. The summed E-state index contributed by atoms with van der Waals surface area (Å²) in [6, 6.07) is 0. The molecular weight excluding hydrogens is 288 g/mol. The standard InChI is InChI=1S/C18H30N4O/c1-14(2)9-10-17(23)21-11-6-7-15(13-21)18-20-19-16-8-4-3-5-12-22(16)18/h14-15H,3-13H2,1-2H3. The number of carbonyl (C=O) groups excluding carboxylic acids is 1. The van der Waals surface area contributed by atoms with E-state index in [1.165, 1.54) is 19.3 Å². The number of carbonyl (C=O) groups is 1. The first-order valence-electron chi connectivity index (χ1n) is 9.35. The number of hydrogen-bond acceptors (Lipinski definition) is 3. The van der Waals surface area contributed by atoms with Gasteiger partial charge in [0.1, 0.15) is 11.6 Å². The number of aromatic nitrogens is 3. The zero-order valence-corrected chi connectivity index (χ0v) is 14.6. The third-order valence-electron chi connectivity index (χ3n) is 5.21. The molecule has 1 aromatic rings. The summed E-state index contributed by atoms with van der Waals surface area (Å²) in [5.41, 5.74) is 0. The Bertz CT molecular complexity index is 537. The van der Waals surface area contributed by atoms with Crippen LogP contribution >= 0.6 is 0 Å². The Hall–Kier alpha value is -1.39. The molecule has 1 unspecified atom stereocenters. The van der Waals surface area contributed by atoms with Gasteiger partial charge in [0.2, 0.25) is 5.91 Å². The summed E-state index contributed by atoms with van der Waals surface area (Å²) in [5, 5.41) is 8.94. The van der Waals surface area contributed by atoms with Gasteiger partial charge in [0.25, 0.3) is 0 Å². The number of rotatable bonds is 4. The van der Waals surface area contributed by atoms with Gasteiger partial charge in [-0.15, -0.1) is 10.2 Å². The summed E-state index contributed by atoms with van der Waals surface area (Å²) < 4.78 is 2.35. The van der Waals surface area contributed by atoms with E-state index in [-0.39, 0.29) is 0 Å². The topological polar surface area (TPSA) is 51.0 Å². The van der Waals surface area contributed by atoms with Crippen molar-refractivity contribution in [2.24, 2.45) is 5.92 Å². The van der Waals surface area contributed by atoms with E-state index < -0.39 is 0 Å². The van der Waals surface area contributed by atoms with Gasteiger partial charge in [0, 0.05) is 38.4 Å². The van der Waals surface area contributed by atoms with Gasteiger partial charge >= 0.3 is 0 Å². The molecule has 0 aromatic carbocycles. The molecule has 0 spiro atoms. The van der Waals surface area contributed by atoms with Crippen LogP contribution in [-0.2, 0) is 17.8 Å². The van der Waals surface area contributed by atoms with E-state index >= 15 is 0 Å². The molecule has 23 heavy (non-hydrogen) atoms. The summed E-state index contributed by atoms with van der Waals surface area (Å²) in [6.45, 7) is 7.15. The molecule has 128 valence electrons. The van der Waals surface area contributed by atoms with Crippen LogP contribution in [0.1, 0.15) is 76.4 Å². The quantitative estimate of drug-likeness (QED) is 0.857. The average Bonchev–Trinajstić information content (AvgIpc) is 2.81. The zero-order valence-electron chi connectivity index (χ0n) is 14.6. The number of piperidine rings is 1. The van der Waals surface area contributed by atoms with Crippen molar-refractivity contribution < 1.29 is 4.79 Å². The van der Waals surface area contributed by atoms with Gasteiger partial charge in [-0.05, 0) is 38.0 Å². The molecule has 2 aliphatic rings. The van der Waals surface area contributed by atoms with Crippen LogP contribution < -0.4 is 0 Å². The monoisotopic (exact) mass is 318 g/mol. The molecule has 0 N–H and O–H groups in total.